The molecule has 1 fully saturated rings. The SMILES string of the molecule is Cc1nc(-c2ccc(N3CCN(C(=O)c4ccc([N+](=O)[O-])cc4)CC3)nc2)no1. The predicted molar refractivity (Wildman–Crippen MR) is 103 cm³/mol. The van der Waals surface area contributed by atoms with Crippen molar-refractivity contribution in [1.29, 1.82) is 0 Å². The number of hydrogen-bond donors (Lipinski definition) is 0. The monoisotopic (exact) mass is 394 g/mol. The molecule has 0 bridgehead atoms. The first-order chi connectivity index (χ1) is 14.0. The number of benzene rings is 1. The molecule has 2 aromatic heterocycles. The number of non-ortho nitro benzene ring substituents is 1. The van der Waals surface area contributed by atoms with E-state index in [9.17, 15) is 14.9 Å². The fraction of sp³-hybridized carbons (Fsp3) is 0.263. The van der Waals surface area contributed by atoms with Gasteiger partial charge in [-0.25, -0.2) is 4.98 Å². The Labute approximate surface area is 165 Å². The summed E-state index contributed by atoms with van der Waals surface area (Å²) >= 11 is 0. The molecule has 0 saturated carbocycles. The van der Waals surface area contributed by atoms with Crippen molar-refractivity contribution < 1.29 is 14.2 Å². The molecule has 148 valence electrons. The number of rotatable bonds is 4. The molecule has 3 aromatic rings. The first kappa shape index (κ1) is 18.5. The van der Waals surface area contributed by atoms with E-state index in [4.69, 9.17) is 4.52 Å². The highest BCUT2D eigenvalue weighted by Crippen LogP contribution is 2.20. The average molecular weight is 394 g/mol. The van der Waals surface area contributed by atoms with E-state index < -0.39 is 4.92 Å². The van der Waals surface area contributed by atoms with Crippen LogP contribution in [0.4, 0.5) is 11.5 Å². The molecule has 10 nitrogen and oxygen atoms in total. The maximum atomic E-state index is 12.6. The Hall–Kier alpha value is -3.82. The van der Waals surface area contributed by atoms with Crippen molar-refractivity contribution in [2.45, 2.75) is 6.92 Å². The van der Waals surface area contributed by atoms with Crippen LogP contribution in [-0.4, -0.2) is 57.0 Å². The van der Waals surface area contributed by atoms with Gasteiger partial charge in [0.05, 0.1) is 4.92 Å². The summed E-state index contributed by atoms with van der Waals surface area (Å²) in [5.41, 5.74) is 1.19. The van der Waals surface area contributed by atoms with Crippen molar-refractivity contribution in [3.63, 3.8) is 0 Å². The summed E-state index contributed by atoms with van der Waals surface area (Å²) in [6, 6.07) is 9.47. The highest BCUT2D eigenvalue weighted by Gasteiger charge is 2.23. The summed E-state index contributed by atoms with van der Waals surface area (Å²) in [4.78, 5) is 35.4. The second-order valence-corrected chi connectivity index (χ2v) is 6.63. The number of piperazine rings is 1. The average Bonchev–Trinajstić information content (AvgIpc) is 3.20. The molecule has 0 spiro atoms. The number of nitro groups is 1. The van der Waals surface area contributed by atoms with Crippen LogP contribution in [0.5, 0.6) is 0 Å². The van der Waals surface area contributed by atoms with Crippen LogP contribution in [0, 0.1) is 17.0 Å². The summed E-state index contributed by atoms with van der Waals surface area (Å²) in [6.45, 7) is 4.11. The summed E-state index contributed by atoms with van der Waals surface area (Å²) in [7, 11) is 0. The largest absolute Gasteiger partial charge is 0.353 e. The molecule has 1 aromatic carbocycles. The fourth-order valence-electron chi connectivity index (χ4n) is 3.17. The van der Waals surface area contributed by atoms with Crippen LogP contribution in [0.2, 0.25) is 0 Å². The van der Waals surface area contributed by atoms with E-state index >= 15 is 0 Å². The van der Waals surface area contributed by atoms with Crippen LogP contribution in [0.15, 0.2) is 47.1 Å². The van der Waals surface area contributed by atoms with Gasteiger partial charge in [-0.3, -0.25) is 14.9 Å². The van der Waals surface area contributed by atoms with Crippen molar-refractivity contribution in [2.24, 2.45) is 0 Å². The second-order valence-electron chi connectivity index (χ2n) is 6.63. The third-order valence-electron chi connectivity index (χ3n) is 4.75. The molecular formula is C19H18N6O4. The zero-order valence-corrected chi connectivity index (χ0v) is 15.7. The number of amides is 1. The Morgan fingerprint density at radius 3 is 2.38 bits per heavy atom. The van der Waals surface area contributed by atoms with Crippen LogP contribution < -0.4 is 4.90 Å². The van der Waals surface area contributed by atoms with E-state index in [-0.39, 0.29) is 11.6 Å². The molecule has 0 aliphatic carbocycles. The topological polar surface area (TPSA) is 118 Å². The van der Waals surface area contributed by atoms with Gasteiger partial charge in [0.15, 0.2) is 0 Å². The Bertz CT molecular complexity index is 1020. The van der Waals surface area contributed by atoms with Gasteiger partial charge < -0.3 is 14.3 Å². The molecule has 3 heterocycles. The third-order valence-corrected chi connectivity index (χ3v) is 4.75. The quantitative estimate of drug-likeness (QED) is 0.488. The van der Waals surface area contributed by atoms with E-state index in [1.807, 2.05) is 12.1 Å². The highest BCUT2D eigenvalue weighted by atomic mass is 16.6. The highest BCUT2D eigenvalue weighted by molar-refractivity contribution is 5.94. The minimum atomic E-state index is -0.481. The lowest BCUT2D eigenvalue weighted by molar-refractivity contribution is -0.384. The minimum absolute atomic E-state index is 0.0307. The van der Waals surface area contributed by atoms with Crippen LogP contribution in [0.3, 0.4) is 0 Å². The van der Waals surface area contributed by atoms with Crippen molar-refractivity contribution in [2.75, 3.05) is 31.1 Å². The molecule has 1 amide bonds. The van der Waals surface area contributed by atoms with Crippen LogP contribution in [-0.2, 0) is 0 Å². The van der Waals surface area contributed by atoms with Gasteiger partial charge in [0.2, 0.25) is 11.7 Å². The number of carbonyl (C=O) groups excluding carboxylic acids is 1. The van der Waals surface area contributed by atoms with Crippen LogP contribution in [0.25, 0.3) is 11.4 Å². The van der Waals surface area contributed by atoms with Crippen molar-refractivity contribution in [3.8, 4) is 11.4 Å². The zero-order chi connectivity index (χ0) is 20.4. The number of anilines is 1. The molecule has 4 rings (SSSR count). The number of pyridine rings is 1. The normalized spacial score (nSPS) is 14.1. The summed E-state index contributed by atoms with van der Waals surface area (Å²) in [5, 5.41) is 14.6. The van der Waals surface area contributed by atoms with Crippen LogP contribution >= 0.6 is 0 Å². The number of carbonyl (C=O) groups is 1. The maximum Gasteiger partial charge on any atom is 0.269 e. The molecule has 29 heavy (non-hydrogen) atoms. The molecule has 1 saturated heterocycles. The number of nitrogens with zero attached hydrogens (tertiary/aromatic N) is 6. The Morgan fingerprint density at radius 1 is 1.10 bits per heavy atom. The first-order valence-corrected chi connectivity index (χ1v) is 9.07. The molecular weight excluding hydrogens is 376 g/mol. The maximum absolute atomic E-state index is 12.6. The van der Waals surface area contributed by atoms with E-state index in [2.05, 4.69) is 20.0 Å². The molecule has 1 aliphatic heterocycles. The van der Waals surface area contributed by atoms with Crippen molar-refractivity contribution in [3.05, 3.63) is 64.2 Å². The van der Waals surface area contributed by atoms with E-state index in [0.29, 0.717) is 43.5 Å². The molecule has 0 radical (unpaired) electrons. The van der Waals surface area contributed by atoms with Gasteiger partial charge in [0.25, 0.3) is 11.6 Å². The molecule has 0 N–H and O–H groups in total. The molecule has 0 atom stereocenters. The lowest BCUT2D eigenvalue weighted by Crippen LogP contribution is -2.49. The van der Waals surface area contributed by atoms with Gasteiger partial charge in [-0.15, -0.1) is 0 Å². The summed E-state index contributed by atoms with van der Waals surface area (Å²) in [6.07, 6.45) is 1.70. The van der Waals surface area contributed by atoms with Crippen LogP contribution in [0.1, 0.15) is 16.2 Å². The van der Waals surface area contributed by atoms with E-state index in [0.717, 1.165) is 11.4 Å². The van der Waals surface area contributed by atoms with Gasteiger partial charge in [-0.05, 0) is 24.3 Å². The standard InChI is InChI=1S/C19H18N6O4/c1-13-21-18(22-29-13)15-4-7-17(20-12-15)23-8-10-24(11-9-23)19(26)14-2-5-16(6-3-14)25(27)28/h2-7,12H,8-11H2,1H3. The Balaban J connectivity index is 1.37. The van der Waals surface area contributed by atoms with Gasteiger partial charge in [0.1, 0.15) is 5.82 Å². The van der Waals surface area contributed by atoms with Gasteiger partial charge in [0, 0.05) is 62.6 Å². The molecule has 1 aliphatic rings. The van der Waals surface area contributed by atoms with E-state index in [1.54, 1.807) is 18.0 Å². The molecule has 0 unspecified atom stereocenters. The fourth-order valence-corrected chi connectivity index (χ4v) is 3.17. The number of hydrogen-bond acceptors (Lipinski definition) is 8. The number of nitro benzene ring substituents is 1. The Morgan fingerprint density at radius 2 is 1.83 bits per heavy atom. The summed E-state index contributed by atoms with van der Waals surface area (Å²) < 4.78 is 4.98. The third kappa shape index (κ3) is 3.91. The number of aryl methyl sites for hydroxylation is 1. The van der Waals surface area contributed by atoms with Gasteiger partial charge >= 0.3 is 0 Å². The minimum Gasteiger partial charge on any atom is -0.353 e. The van der Waals surface area contributed by atoms with Gasteiger partial charge in [-0.1, -0.05) is 5.16 Å². The number of aromatic nitrogens is 3. The lowest BCUT2D eigenvalue weighted by atomic mass is 10.1. The first-order valence-electron chi connectivity index (χ1n) is 9.07. The smallest absolute Gasteiger partial charge is 0.269 e. The predicted octanol–water partition coefficient (Wildman–Crippen LogP) is 2.31. The Kier molecular flexibility index (Phi) is 4.90. The van der Waals surface area contributed by atoms with E-state index in [1.165, 1.54) is 24.3 Å². The van der Waals surface area contributed by atoms with Gasteiger partial charge in [-0.2, -0.15) is 4.98 Å². The zero-order valence-electron chi connectivity index (χ0n) is 15.7. The second kappa shape index (κ2) is 7.66. The lowest BCUT2D eigenvalue weighted by Gasteiger charge is -2.35. The summed E-state index contributed by atoms with van der Waals surface area (Å²) in [5.74, 6) is 1.68. The molecule has 10 heteroatoms. The van der Waals surface area contributed by atoms with Crippen molar-refractivity contribution >= 4 is 17.4 Å². The van der Waals surface area contributed by atoms with Crippen molar-refractivity contribution in [1.82, 2.24) is 20.0 Å².